The lowest BCUT2D eigenvalue weighted by molar-refractivity contribution is -0.191. The van der Waals surface area contributed by atoms with Gasteiger partial charge in [-0.15, -0.1) is 0 Å². The number of hydrogen-bond acceptors (Lipinski definition) is 8. The summed E-state index contributed by atoms with van der Waals surface area (Å²) in [5.74, 6) is -0.350. The largest absolute Gasteiger partial charge is 0.379 e. The van der Waals surface area contributed by atoms with Gasteiger partial charge in [0.25, 0.3) is 0 Å². The highest BCUT2D eigenvalue weighted by Gasteiger charge is 2.55. The number of anilines is 1. The van der Waals surface area contributed by atoms with Crippen LogP contribution in [0.3, 0.4) is 0 Å². The minimum absolute atomic E-state index is 0.198. The van der Waals surface area contributed by atoms with Gasteiger partial charge >= 0.3 is 0 Å². The van der Waals surface area contributed by atoms with Crippen molar-refractivity contribution in [3.63, 3.8) is 0 Å². The first kappa shape index (κ1) is 21.6. The van der Waals surface area contributed by atoms with Gasteiger partial charge in [-0.3, -0.25) is 4.57 Å². The van der Waals surface area contributed by atoms with E-state index in [0.717, 1.165) is 18.6 Å². The highest BCUT2D eigenvalue weighted by Crippen LogP contribution is 2.44. The zero-order valence-electron chi connectivity index (χ0n) is 18.9. The molecule has 0 radical (unpaired) electrons. The van der Waals surface area contributed by atoms with E-state index in [1.165, 1.54) is 18.5 Å². The van der Waals surface area contributed by atoms with Crippen molar-refractivity contribution in [1.29, 1.82) is 0 Å². The van der Waals surface area contributed by atoms with Crippen LogP contribution in [-0.2, 0) is 18.9 Å². The Labute approximate surface area is 195 Å². The van der Waals surface area contributed by atoms with Crippen molar-refractivity contribution in [1.82, 2.24) is 19.5 Å². The third kappa shape index (κ3) is 3.96. The summed E-state index contributed by atoms with van der Waals surface area (Å²) in [5, 5.41) is 3.41. The summed E-state index contributed by atoms with van der Waals surface area (Å²) in [4.78, 5) is 13.5. The maximum absolute atomic E-state index is 13.3. The van der Waals surface area contributed by atoms with Gasteiger partial charge in [-0.1, -0.05) is 24.3 Å². The van der Waals surface area contributed by atoms with Crippen molar-refractivity contribution >= 4 is 23.1 Å². The Kier molecular flexibility index (Phi) is 5.33. The highest BCUT2D eigenvalue weighted by atomic mass is 19.1. The van der Waals surface area contributed by atoms with Crippen LogP contribution in [0.15, 0.2) is 43.0 Å². The van der Waals surface area contributed by atoms with Crippen molar-refractivity contribution in [3.8, 4) is 0 Å². The quantitative estimate of drug-likeness (QED) is 0.611. The molecule has 178 valence electrons. The third-order valence-corrected chi connectivity index (χ3v) is 6.32. The van der Waals surface area contributed by atoms with Crippen molar-refractivity contribution in [3.05, 3.63) is 54.4 Å². The molecule has 3 aromatic rings. The third-order valence-electron chi connectivity index (χ3n) is 6.32. The molecule has 3 saturated heterocycles. The minimum atomic E-state index is -0.750. The van der Waals surface area contributed by atoms with Gasteiger partial charge in [-0.05, 0) is 38.0 Å². The average molecular weight is 468 g/mol. The number of ether oxygens (including phenoxy) is 4. The van der Waals surface area contributed by atoms with E-state index in [-0.39, 0.29) is 30.2 Å². The molecule has 0 aliphatic carbocycles. The van der Waals surface area contributed by atoms with Gasteiger partial charge in [0.05, 0.1) is 19.0 Å². The van der Waals surface area contributed by atoms with Gasteiger partial charge in [0.1, 0.15) is 30.5 Å². The Balaban J connectivity index is 1.30. The Morgan fingerprint density at radius 2 is 1.94 bits per heavy atom. The number of nitrogens with one attached hydrogen (secondary N) is 1. The molecule has 3 fully saturated rings. The molecule has 0 bridgehead atoms. The second kappa shape index (κ2) is 8.38. The van der Waals surface area contributed by atoms with Crippen molar-refractivity contribution < 1.29 is 23.3 Å². The Hall–Kier alpha value is -2.92. The van der Waals surface area contributed by atoms with Crippen LogP contribution in [0, 0.1) is 5.82 Å². The van der Waals surface area contributed by atoms with Crippen molar-refractivity contribution in [2.24, 2.45) is 0 Å². The van der Waals surface area contributed by atoms with Crippen molar-refractivity contribution in [2.45, 2.75) is 56.6 Å². The molecule has 3 aliphatic rings. The number of imidazole rings is 1. The first-order valence-corrected chi connectivity index (χ1v) is 11.4. The number of benzene rings is 1. The summed E-state index contributed by atoms with van der Waals surface area (Å²) in [6.45, 7) is 5.16. The number of fused-ring (bicyclic) bond motifs is 2. The predicted octanol–water partition coefficient (Wildman–Crippen LogP) is 3.30. The first-order valence-electron chi connectivity index (χ1n) is 11.4. The fraction of sp³-hybridized carbons (Fsp3) is 0.458. The Morgan fingerprint density at radius 1 is 1.12 bits per heavy atom. The zero-order chi connectivity index (χ0) is 23.3. The molecule has 5 heterocycles. The topological polar surface area (TPSA) is 92.6 Å². The van der Waals surface area contributed by atoms with Crippen LogP contribution in [0.2, 0.25) is 0 Å². The summed E-state index contributed by atoms with van der Waals surface area (Å²) >= 11 is 0. The van der Waals surface area contributed by atoms with Gasteiger partial charge in [0.15, 0.2) is 29.0 Å². The number of hydrogen-bond donors (Lipinski definition) is 1. The van der Waals surface area contributed by atoms with E-state index in [0.29, 0.717) is 23.6 Å². The maximum atomic E-state index is 13.3. The molecule has 1 N–H and O–H groups in total. The van der Waals surface area contributed by atoms with Crippen LogP contribution in [-0.4, -0.2) is 62.9 Å². The number of aromatic nitrogens is 4. The van der Waals surface area contributed by atoms with Crippen LogP contribution in [0.1, 0.15) is 32.1 Å². The van der Waals surface area contributed by atoms with Crippen molar-refractivity contribution in [2.75, 3.05) is 18.5 Å². The Morgan fingerprint density at radius 3 is 2.74 bits per heavy atom. The summed E-state index contributed by atoms with van der Waals surface area (Å²) in [5.41, 5.74) is 2.19. The van der Waals surface area contributed by atoms with Gasteiger partial charge < -0.3 is 24.3 Å². The van der Waals surface area contributed by atoms with Crippen LogP contribution in [0.25, 0.3) is 17.2 Å². The molecule has 6 rings (SSSR count). The van der Waals surface area contributed by atoms with E-state index in [1.807, 2.05) is 30.6 Å². The normalized spacial score (nSPS) is 30.4. The average Bonchev–Trinajstić information content (AvgIpc) is 3.58. The summed E-state index contributed by atoms with van der Waals surface area (Å²) < 4.78 is 39.4. The first-order chi connectivity index (χ1) is 16.5. The molecule has 3 aliphatic heterocycles. The summed E-state index contributed by atoms with van der Waals surface area (Å²) in [6, 6.07) is 6.49. The van der Waals surface area contributed by atoms with E-state index in [9.17, 15) is 4.39 Å². The van der Waals surface area contributed by atoms with Gasteiger partial charge in [-0.25, -0.2) is 19.3 Å². The minimum Gasteiger partial charge on any atom is -0.379 e. The molecule has 0 saturated carbocycles. The smallest absolute Gasteiger partial charge is 0.167 e. The molecule has 5 atom stereocenters. The molecular formula is C24H26FN5O4. The second-order valence-electron chi connectivity index (χ2n) is 9.22. The maximum Gasteiger partial charge on any atom is 0.167 e. The molecule has 2 aromatic heterocycles. The fourth-order valence-corrected chi connectivity index (χ4v) is 4.75. The molecule has 1 unspecified atom stereocenters. The SMILES string of the molecule is CC1(C)O[C@@H]2[C@H](O1)[C@@H](C=Cc1ccc(F)cc1)O[C@H]2n1cnc2c(NC3CCOC3)ncnc21. The zero-order valence-corrected chi connectivity index (χ0v) is 18.9. The van der Waals surface area contributed by atoms with Gasteiger partial charge in [0.2, 0.25) is 0 Å². The number of halogens is 1. The Bertz CT molecular complexity index is 1210. The molecule has 1 aromatic carbocycles. The van der Waals surface area contributed by atoms with E-state index >= 15 is 0 Å². The number of rotatable bonds is 5. The predicted molar refractivity (Wildman–Crippen MR) is 121 cm³/mol. The lowest BCUT2D eigenvalue weighted by Crippen LogP contribution is -2.28. The second-order valence-corrected chi connectivity index (χ2v) is 9.22. The lowest BCUT2D eigenvalue weighted by Gasteiger charge is -2.24. The standard InChI is InChI=1S/C24H26FN5O4/c1-24(2)33-19-17(8-5-14-3-6-15(25)7-4-14)32-23(20(19)34-24)30-13-28-18-21(26-12-27-22(18)30)29-16-9-10-31-11-16/h3-8,12-13,16-17,19-20,23H,9-11H2,1-2H3,(H,26,27,29)/t16?,17-,19-,20-,23-/m1/s1. The molecule has 0 amide bonds. The fourth-order valence-electron chi connectivity index (χ4n) is 4.75. The molecule has 34 heavy (non-hydrogen) atoms. The summed E-state index contributed by atoms with van der Waals surface area (Å²) in [7, 11) is 0. The molecular weight excluding hydrogens is 441 g/mol. The molecule has 9 nitrogen and oxygen atoms in total. The van der Waals surface area contributed by atoms with E-state index in [2.05, 4.69) is 20.3 Å². The monoisotopic (exact) mass is 467 g/mol. The van der Waals surface area contributed by atoms with Crippen LogP contribution in [0.4, 0.5) is 10.2 Å². The molecule has 10 heteroatoms. The van der Waals surface area contributed by atoms with Crippen LogP contribution in [0.5, 0.6) is 0 Å². The van der Waals surface area contributed by atoms with Gasteiger partial charge in [0, 0.05) is 6.61 Å². The van der Waals surface area contributed by atoms with E-state index in [1.54, 1.807) is 18.5 Å². The van der Waals surface area contributed by atoms with E-state index in [4.69, 9.17) is 18.9 Å². The highest BCUT2D eigenvalue weighted by molar-refractivity contribution is 5.82. The van der Waals surface area contributed by atoms with Crippen LogP contribution >= 0.6 is 0 Å². The lowest BCUT2D eigenvalue weighted by atomic mass is 10.1. The number of nitrogens with zero attached hydrogens (tertiary/aromatic N) is 4. The molecule has 0 spiro atoms. The van der Waals surface area contributed by atoms with Gasteiger partial charge in [-0.2, -0.15) is 0 Å². The summed E-state index contributed by atoms with van der Waals surface area (Å²) in [6.07, 6.45) is 6.45. The van der Waals surface area contributed by atoms with E-state index < -0.39 is 12.0 Å². The van der Waals surface area contributed by atoms with Crippen LogP contribution < -0.4 is 5.32 Å².